The van der Waals surface area contributed by atoms with Crippen LogP contribution in [-0.2, 0) is 4.79 Å². The van der Waals surface area contributed by atoms with E-state index in [9.17, 15) is 14.4 Å². The standard InChI is InChI=1S/C26H20ClN3O5S/c1-34-18-12-8-17(9-13-18)25(32)28-15-22(31)30-29-14-16-6-10-19(11-7-16)35-26(33)24-23(27)20-4-2-3-5-21(20)36-24/h2-14H,15H2,1H3,(H,28,32)(H,30,31)/b29-14-. The average molecular weight is 522 g/mol. The molecule has 0 atom stereocenters. The number of fused-ring (bicyclic) bond motifs is 1. The van der Waals surface area contributed by atoms with Crippen LogP contribution in [0.15, 0.2) is 77.9 Å². The number of carbonyl (C=O) groups excluding carboxylic acids is 3. The fourth-order valence-corrected chi connectivity index (χ4v) is 4.53. The van der Waals surface area contributed by atoms with Crippen molar-refractivity contribution in [2.75, 3.05) is 13.7 Å². The number of esters is 1. The maximum atomic E-state index is 12.6. The molecule has 8 nitrogen and oxygen atoms in total. The fraction of sp³-hybridized carbons (Fsp3) is 0.0769. The summed E-state index contributed by atoms with van der Waals surface area (Å²) in [6.45, 7) is -0.239. The van der Waals surface area contributed by atoms with Gasteiger partial charge in [0.25, 0.3) is 11.8 Å². The highest BCUT2D eigenvalue weighted by molar-refractivity contribution is 7.21. The number of nitrogens with zero attached hydrogens (tertiary/aromatic N) is 1. The molecular weight excluding hydrogens is 502 g/mol. The zero-order valence-electron chi connectivity index (χ0n) is 19.0. The van der Waals surface area contributed by atoms with Crippen LogP contribution in [0.2, 0.25) is 5.02 Å². The number of rotatable bonds is 8. The van der Waals surface area contributed by atoms with Crippen molar-refractivity contribution in [2.45, 2.75) is 0 Å². The van der Waals surface area contributed by atoms with E-state index in [1.165, 1.54) is 24.7 Å². The first kappa shape index (κ1) is 24.9. The number of hydrazone groups is 1. The highest BCUT2D eigenvalue weighted by Gasteiger charge is 2.18. The Morgan fingerprint density at radius 1 is 0.972 bits per heavy atom. The van der Waals surface area contributed by atoms with E-state index in [1.54, 1.807) is 48.5 Å². The number of amides is 2. The van der Waals surface area contributed by atoms with Crippen LogP contribution in [0, 0.1) is 0 Å². The molecule has 0 aliphatic carbocycles. The van der Waals surface area contributed by atoms with Gasteiger partial charge in [0.2, 0.25) is 0 Å². The minimum atomic E-state index is -0.536. The second-order valence-corrected chi connectivity index (χ2v) is 8.83. The Bertz CT molecular complexity index is 1430. The molecule has 0 aliphatic heterocycles. The summed E-state index contributed by atoms with van der Waals surface area (Å²) in [6.07, 6.45) is 1.43. The Hall–Kier alpha value is -4.21. The third-order valence-corrected chi connectivity index (χ3v) is 6.63. The second-order valence-electron chi connectivity index (χ2n) is 7.40. The van der Waals surface area contributed by atoms with E-state index in [2.05, 4.69) is 15.8 Å². The smallest absolute Gasteiger partial charge is 0.355 e. The third-order valence-electron chi connectivity index (χ3n) is 4.98. The van der Waals surface area contributed by atoms with Crippen molar-refractivity contribution >= 4 is 57.0 Å². The van der Waals surface area contributed by atoms with E-state index in [0.29, 0.717) is 32.5 Å². The summed E-state index contributed by atoms with van der Waals surface area (Å²) < 4.78 is 11.4. The van der Waals surface area contributed by atoms with Crippen LogP contribution in [0.1, 0.15) is 25.6 Å². The molecule has 0 fully saturated rings. The van der Waals surface area contributed by atoms with Gasteiger partial charge in [0.1, 0.15) is 16.4 Å². The number of halogens is 1. The summed E-state index contributed by atoms with van der Waals surface area (Å²) in [6, 6.07) is 20.6. The topological polar surface area (TPSA) is 106 Å². The van der Waals surface area contributed by atoms with E-state index in [0.717, 1.165) is 10.1 Å². The molecule has 10 heteroatoms. The zero-order valence-corrected chi connectivity index (χ0v) is 20.6. The van der Waals surface area contributed by atoms with Gasteiger partial charge in [-0.15, -0.1) is 11.3 Å². The number of thiophene rings is 1. The van der Waals surface area contributed by atoms with Crippen LogP contribution >= 0.6 is 22.9 Å². The third kappa shape index (κ3) is 6.07. The lowest BCUT2D eigenvalue weighted by Gasteiger charge is -2.05. The van der Waals surface area contributed by atoms with Gasteiger partial charge in [-0.2, -0.15) is 5.10 Å². The Morgan fingerprint density at radius 3 is 2.36 bits per heavy atom. The van der Waals surface area contributed by atoms with Crippen molar-refractivity contribution in [3.8, 4) is 11.5 Å². The van der Waals surface area contributed by atoms with Gasteiger partial charge in [-0.1, -0.05) is 29.8 Å². The molecule has 0 bridgehead atoms. The van der Waals surface area contributed by atoms with Gasteiger partial charge in [0, 0.05) is 15.6 Å². The Kier molecular flexibility index (Phi) is 7.94. The van der Waals surface area contributed by atoms with Crippen LogP contribution in [0.3, 0.4) is 0 Å². The normalized spacial score (nSPS) is 10.8. The first-order valence-electron chi connectivity index (χ1n) is 10.7. The molecule has 1 aromatic heterocycles. The molecule has 4 rings (SSSR count). The lowest BCUT2D eigenvalue weighted by molar-refractivity contribution is -0.120. The van der Waals surface area contributed by atoms with E-state index < -0.39 is 11.9 Å². The number of carbonyl (C=O) groups is 3. The van der Waals surface area contributed by atoms with Crippen molar-refractivity contribution in [1.29, 1.82) is 0 Å². The monoisotopic (exact) mass is 521 g/mol. The fourth-order valence-electron chi connectivity index (χ4n) is 3.14. The largest absolute Gasteiger partial charge is 0.497 e. The maximum Gasteiger partial charge on any atom is 0.355 e. The molecule has 2 N–H and O–H groups in total. The Morgan fingerprint density at radius 2 is 1.67 bits per heavy atom. The van der Waals surface area contributed by atoms with E-state index in [4.69, 9.17) is 21.1 Å². The quantitative estimate of drug-likeness (QED) is 0.152. The highest BCUT2D eigenvalue weighted by atomic mass is 35.5. The van der Waals surface area contributed by atoms with Crippen molar-refractivity contribution < 1.29 is 23.9 Å². The summed E-state index contributed by atoms with van der Waals surface area (Å²) in [7, 11) is 1.53. The SMILES string of the molecule is COc1ccc(C(=O)NCC(=O)N/N=C\c2ccc(OC(=O)c3sc4ccccc4c3Cl)cc2)cc1. The van der Waals surface area contributed by atoms with Gasteiger partial charge in [-0.05, 0) is 60.2 Å². The summed E-state index contributed by atoms with van der Waals surface area (Å²) in [5.74, 6) is -0.439. The number of ether oxygens (including phenoxy) is 2. The molecule has 0 spiro atoms. The van der Waals surface area contributed by atoms with Crippen molar-refractivity contribution in [3.05, 3.63) is 93.8 Å². The van der Waals surface area contributed by atoms with Gasteiger partial charge in [-0.3, -0.25) is 9.59 Å². The molecule has 0 radical (unpaired) electrons. The van der Waals surface area contributed by atoms with Crippen molar-refractivity contribution in [3.63, 3.8) is 0 Å². The van der Waals surface area contributed by atoms with E-state index >= 15 is 0 Å². The minimum absolute atomic E-state index is 0.239. The lowest BCUT2D eigenvalue weighted by atomic mass is 10.2. The van der Waals surface area contributed by atoms with Gasteiger partial charge in [0.05, 0.1) is 24.9 Å². The number of hydrogen-bond donors (Lipinski definition) is 2. The summed E-state index contributed by atoms with van der Waals surface area (Å²) in [4.78, 5) is 36.9. The molecule has 0 saturated carbocycles. The van der Waals surface area contributed by atoms with Crippen LogP contribution in [-0.4, -0.2) is 37.7 Å². The lowest BCUT2D eigenvalue weighted by Crippen LogP contribution is -2.34. The first-order valence-corrected chi connectivity index (χ1v) is 11.9. The minimum Gasteiger partial charge on any atom is -0.497 e. The van der Waals surface area contributed by atoms with Crippen LogP contribution in [0.25, 0.3) is 10.1 Å². The maximum absolute atomic E-state index is 12.6. The van der Waals surface area contributed by atoms with Gasteiger partial charge in [0.15, 0.2) is 0 Å². The Balaban J connectivity index is 1.25. The number of methoxy groups -OCH3 is 1. The molecule has 36 heavy (non-hydrogen) atoms. The molecule has 4 aromatic rings. The predicted octanol–water partition coefficient (Wildman–Crippen LogP) is 4.66. The van der Waals surface area contributed by atoms with Crippen LogP contribution in [0.5, 0.6) is 11.5 Å². The van der Waals surface area contributed by atoms with E-state index in [1.807, 2.05) is 24.3 Å². The molecule has 0 saturated heterocycles. The van der Waals surface area contributed by atoms with Crippen molar-refractivity contribution in [1.82, 2.24) is 10.7 Å². The average Bonchev–Trinajstić information content (AvgIpc) is 3.25. The first-order chi connectivity index (χ1) is 17.4. The zero-order chi connectivity index (χ0) is 25.5. The number of nitrogens with one attached hydrogen (secondary N) is 2. The second kappa shape index (κ2) is 11.5. The van der Waals surface area contributed by atoms with Crippen molar-refractivity contribution in [2.24, 2.45) is 5.10 Å². The Labute approximate surface area is 215 Å². The molecular formula is C26H20ClN3O5S. The van der Waals surface area contributed by atoms with Gasteiger partial charge < -0.3 is 14.8 Å². The summed E-state index contributed by atoms with van der Waals surface area (Å²) in [5.41, 5.74) is 3.41. The molecule has 182 valence electrons. The summed E-state index contributed by atoms with van der Waals surface area (Å²) >= 11 is 7.61. The highest BCUT2D eigenvalue weighted by Crippen LogP contribution is 2.35. The predicted molar refractivity (Wildman–Crippen MR) is 139 cm³/mol. The summed E-state index contributed by atoms with van der Waals surface area (Å²) in [5, 5.41) is 7.57. The van der Waals surface area contributed by atoms with Gasteiger partial charge in [-0.25, -0.2) is 10.2 Å². The van der Waals surface area contributed by atoms with Crippen LogP contribution < -0.4 is 20.2 Å². The van der Waals surface area contributed by atoms with Gasteiger partial charge >= 0.3 is 5.97 Å². The molecule has 2 amide bonds. The molecule has 3 aromatic carbocycles. The molecule has 1 heterocycles. The molecule has 0 aliphatic rings. The number of hydrogen-bond acceptors (Lipinski definition) is 7. The van der Waals surface area contributed by atoms with E-state index in [-0.39, 0.29) is 12.5 Å². The molecule has 0 unspecified atom stereocenters. The number of benzene rings is 3. The van der Waals surface area contributed by atoms with Crippen LogP contribution in [0.4, 0.5) is 0 Å².